The molecule has 0 bridgehead atoms. The highest BCUT2D eigenvalue weighted by Gasteiger charge is 2.20. The molecular weight excluding hydrogens is 328 g/mol. The third-order valence-electron chi connectivity index (χ3n) is 4.69. The van der Waals surface area contributed by atoms with Gasteiger partial charge in [0.2, 0.25) is 5.96 Å². The molecule has 0 saturated heterocycles. The van der Waals surface area contributed by atoms with Crippen molar-refractivity contribution in [2.24, 2.45) is 9.98 Å². The van der Waals surface area contributed by atoms with Crippen LogP contribution >= 0.6 is 0 Å². The number of hydrogen-bond donors (Lipinski definition) is 1. The van der Waals surface area contributed by atoms with Crippen LogP contribution in [-0.2, 0) is 0 Å². The van der Waals surface area contributed by atoms with E-state index in [0.29, 0.717) is 11.5 Å². The highest BCUT2D eigenvalue weighted by molar-refractivity contribution is 6.02. The van der Waals surface area contributed by atoms with Crippen molar-refractivity contribution >= 4 is 17.9 Å². The smallest absolute Gasteiger partial charge is 0.230 e. The van der Waals surface area contributed by atoms with Crippen LogP contribution in [0.2, 0.25) is 0 Å². The van der Waals surface area contributed by atoms with Gasteiger partial charge in [-0.3, -0.25) is 0 Å². The first-order valence-corrected chi connectivity index (χ1v) is 8.72. The van der Waals surface area contributed by atoms with Gasteiger partial charge in [0.1, 0.15) is 0 Å². The molecule has 0 unspecified atom stereocenters. The molecule has 4 rings (SSSR count). The number of nitrogens with zero attached hydrogens (tertiary/aromatic N) is 3. The minimum Gasteiger partial charge on any atom is -0.493 e. The predicted molar refractivity (Wildman–Crippen MR) is 104 cm³/mol. The van der Waals surface area contributed by atoms with E-state index in [4.69, 9.17) is 14.5 Å². The number of fused-ring (bicyclic) bond motifs is 1. The molecule has 134 valence electrons. The average Bonchev–Trinajstić information content (AvgIpc) is 2.73. The van der Waals surface area contributed by atoms with Crippen molar-refractivity contribution in [1.29, 1.82) is 0 Å². The van der Waals surface area contributed by atoms with Gasteiger partial charge in [-0.1, -0.05) is 6.08 Å². The van der Waals surface area contributed by atoms with Crippen LogP contribution in [-0.4, -0.2) is 50.9 Å². The van der Waals surface area contributed by atoms with Crippen LogP contribution in [0.4, 0.5) is 0 Å². The number of methoxy groups -OCH3 is 2. The van der Waals surface area contributed by atoms with E-state index in [1.807, 2.05) is 24.4 Å². The Morgan fingerprint density at radius 3 is 2.77 bits per heavy atom. The molecule has 0 fully saturated rings. The van der Waals surface area contributed by atoms with E-state index in [9.17, 15) is 0 Å². The second-order valence-corrected chi connectivity index (χ2v) is 6.25. The number of aliphatic imine (C=N–C) groups is 2. The second kappa shape index (κ2) is 7.17. The molecule has 1 N–H and O–H groups in total. The van der Waals surface area contributed by atoms with Crippen molar-refractivity contribution in [1.82, 2.24) is 10.2 Å². The summed E-state index contributed by atoms with van der Waals surface area (Å²) in [6.07, 6.45) is 9.44. The summed E-state index contributed by atoms with van der Waals surface area (Å²) in [4.78, 5) is 11.4. The fraction of sp³-hybridized carbons (Fsp3) is 0.300. The first-order chi connectivity index (χ1) is 12.8. The van der Waals surface area contributed by atoms with Crippen LogP contribution in [0.3, 0.4) is 0 Å². The van der Waals surface area contributed by atoms with E-state index in [1.54, 1.807) is 14.2 Å². The molecule has 0 atom stereocenters. The lowest BCUT2D eigenvalue weighted by molar-refractivity contribution is 0.355. The highest BCUT2D eigenvalue weighted by atomic mass is 16.5. The summed E-state index contributed by atoms with van der Waals surface area (Å²) in [6, 6.07) is 5.83. The van der Waals surface area contributed by atoms with Crippen molar-refractivity contribution in [3.8, 4) is 11.5 Å². The topological polar surface area (TPSA) is 58.5 Å². The van der Waals surface area contributed by atoms with E-state index in [2.05, 4.69) is 33.6 Å². The summed E-state index contributed by atoms with van der Waals surface area (Å²) in [5.41, 5.74) is 4.41. The maximum absolute atomic E-state index is 5.39. The molecule has 0 aliphatic carbocycles. The lowest BCUT2D eigenvalue weighted by Gasteiger charge is -2.27. The zero-order valence-electron chi connectivity index (χ0n) is 15.0. The highest BCUT2D eigenvalue weighted by Crippen LogP contribution is 2.32. The molecule has 6 nitrogen and oxygen atoms in total. The number of ether oxygens (including phenoxy) is 2. The molecule has 1 aromatic rings. The van der Waals surface area contributed by atoms with Crippen molar-refractivity contribution < 1.29 is 9.47 Å². The summed E-state index contributed by atoms with van der Waals surface area (Å²) in [5, 5.41) is 3.34. The lowest BCUT2D eigenvalue weighted by atomic mass is 10.0. The van der Waals surface area contributed by atoms with Gasteiger partial charge in [-0.2, -0.15) is 0 Å². The van der Waals surface area contributed by atoms with Gasteiger partial charge in [-0.05, 0) is 42.8 Å². The maximum Gasteiger partial charge on any atom is 0.230 e. The van der Waals surface area contributed by atoms with Crippen molar-refractivity contribution in [3.05, 3.63) is 53.3 Å². The third kappa shape index (κ3) is 3.15. The largest absolute Gasteiger partial charge is 0.493 e. The van der Waals surface area contributed by atoms with Gasteiger partial charge < -0.3 is 19.7 Å². The van der Waals surface area contributed by atoms with Gasteiger partial charge in [0, 0.05) is 36.6 Å². The Bertz CT molecular complexity index is 865. The summed E-state index contributed by atoms with van der Waals surface area (Å²) in [7, 11) is 3.27. The Hall–Kier alpha value is -2.86. The van der Waals surface area contributed by atoms with E-state index < -0.39 is 0 Å². The van der Waals surface area contributed by atoms with Crippen LogP contribution in [0, 0.1) is 0 Å². The summed E-state index contributed by atoms with van der Waals surface area (Å²) < 4.78 is 10.7. The van der Waals surface area contributed by atoms with Crippen LogP contribution in [0.1, 0.15) is 12.0 Å². The Morgan fingerprint density at radius 2 is 2.00 bits per heavy atom. The van der Waals surface area contributed by atoms with Crippen LogP contribution in [0.5, 0.6) is 11.5 Å². The van der Waals surface area contributed by atoms with E-state index in [-0.39, 0.29) is 0 Å². The summed E-state index contributed by atoms with van der Waals surface area (Å²) in [5.74, 6) is 2.12. The number of hydrogen-bond acceptors (Lipinski definition) is 6. The quantitative estimate of drug-likeness (QED) is 0.907. The molecule has 0 saturated carbocycles. The predicted octanol–water partition coefficient (Wildman–Crippen LogP) is 2.60. The molecule has 1 aromatic carbocycles. The molecule has 0 amide bonds. The van der Waals surface area contributed by atoms with Crippen molar-refractivity contribution in [2.45, 2.75) is 6.42 Å². The molecule has 3 heterocycles. The Labute approximate surface area is 153 Å². The monoisotopic (exact) mass is 350 g/mol. The first kappa shape index (κ1) is 16.6. The average molecular weight is 350 g/mol. The van der Waals surface area contributed by atoms with Crippen molar-refractivity contribution in [2.75, 3.05) is 33.9 Å². The van der Waals surface area contributed by atoms with Crippen LogP contribution in [0.25, 0.3) is 5.70 Å². The van der Waals surface area contributed by atoms with Gasteiger partial charge in [-0.25, -0.2) is 9.98 Å². The second-order valence-electron chi connectivity index (χ2n) is 6.25. The Morgan fingerprint density at radius 1 is 1.12 bits per heavy atom. The number of nitrogens with one attached hydrogen (secondary N) is 1. The Kier molecular flexibility index (Phi) is 4.58. The van der Waals surface area contributed by atoms with Gasteiger partial charge in [0.05, 0.1) is 19.9 Å². The fourth-order valence-electron chi connectivity index (χ4n) is 3.25. The molecule has 6 heteroatoms. The summed E-state index contributed by atoms with van der Waals surface area (Å²) in [6.45, 7) is 2.68. The minimum absolute atomic E-state index is 0.695. The minimum atomic E-state index is 0.695. The molecule has 26 heavy (non-hydrogen) atoms. The molecule has 0 spiro atoms. The SMILES string of the molecule is COc1ccc(C2=CCN3C=C(C4=CCNCC4)C=NC3=N2)cc1OC. The van der Waals surface area contributed by atoms with E-state index in [1.165, 1.54) is 11.1 Å². The third-order valence-corrected chi connectivity index (χ3v) is 4.69. The van der Waals surface area contributed by atoms with Gasteiger partial charge in [-0.15, -0.1) is 0 Å². The van der Waals surface area contributed by atoms with E-state index in [0.717, 1.165) is 43.3 Å². The van der Waals surface area contributed by atoms with Crippen molar-refractivity contribution in [3.63, 3.8) is 0 Å². The van der Waals surface area contributed by atoms with Crippen LogP contribution in [0.15, 0.2) is 57.7 Å². The molecule has 3 aliphatic rings. The maximum atomic E-state index is 5.39. The lowest BCUT2D eigenvalue weighted by Crippen LogP contribution is -2.31. The zero-order valence-corrected chi connectivity index (χ0v) is 15.0. The zero-order chi connectivity index (χ0) is 17.9. The fourth-order valence-corrected chi connectivity index (χ4v) is 3.25. The van der Waals surface area contributed by atoms with Gasteiger partial charge in [0.25, 0.3) is 0 Å². The number of allylic oxidation sites excluding steroid dienone is 1. The standard InChI is InChI=1S/C20H22N4O2/c1-25-18-4-3-15(11-19(18)26-2)17-7-10-24-13-16(12-22-20(24)23-17)14-5-8-21-9-6-14/h3-5,7,11-13,21H,6,8-10H2,1-2H3. The normalized spacial score (nSPS) is 19.1. The molecule has 0 radical (unpaired) electrons. The summed E-state index contributed by atoms with van der Waals surface area (Å²) >= 11 is 0. The van der Waals surface area contributed by atoms with E-state index >= 15 is 0 Å². The molecule has 3 aliphatic heterocycles. The molecular formula is C20H22N4O2. The molecule has 0 aromatic heterocycles. The number of guanidine groups is 1. The first-order valence-electron chi connectivity index (χ1n) is 8.72. The number of benzene rings is 1. The van der Waals surface area contributed by atoms with Gasteiger partial charge in [0.15, 0.2) is 11.5 Å². The number of rotatable bonds is 4. The van der Waals surface area contributed by atoms with Crippen LogP contribution < -0.4 is 14.8 Å². The Balaban J connectivity index is 1.57. The van der Waals surface area contributed by atoms with Gasteiger partial charge >= 0.3 is 0 Å².